The van der Waals surface area contributed by atoms with E-state index in [2.05, 4.69) is 56.0 Å². The molecule has 4 aromatic carbocycles. The number of halogens is 2. The number of hydrogen-bond donors (Lipinski definition) is 1. The van der Waals surface area contributed by atoms with E-state index >= 15 is 0 Å². The molecule has 0 atom stereocenters. The first-order chi connectivity index (χ1) is 25.6. The average molecular weight is 723 g/mol. The predicted octanol–water partition coefficient (Wildman–Crippen LogP) is 6.96. The van der Waals surface area contributed by atoms with Gasteiger partial charge >= 0.3 is 11.9 Å². The summed E-state index contributed by atoms with van der Waals surface area (Å²) >= 11 is 0. The highest BCUT2D eigenvalue weighted by molar-refractivity contribution is 5.84. The molecule has 2 saturated heterocycles. The molecule has 0 aromatic heterocycles. The molecule has 4 fully saturated rings. The molecule has 2 saturated carbocycles. The SMILES string of the molecule is CC(=O)OC1(c2ccc(CN3CCN(c4ccc(F)cc4)CC3)cc2)CC1.O=C(O)C1(c2ccc(CN3CCN(c4ccc(F)cc4)CC3)cc2)CC1. The third-order valence-electron chi connectivity index (χ3n) is 11.1. The van der Waals surface area contributed by atoms with Gasteiger partial charge in [-0.2, -0.15) is 0 Å². The van der Waals surface area contributed by atoms with Gasteiger partial charge in [-0.25, -0.2) is 8.78 Å². The maximum Gasteiger partial charge on any atom is 0.314 e. The Balaban J connectivity index is 0.000000164. The zero-order valence-electron chi connectivity index (χ0n) is 30.4. The maximum atomic E-state index is 13.1. The van der Waals surface area contributed by atoms with Crippen LogP contribution < -0.4 is 9.80 Å². The van der Waals surface area contributed by atoms with E-state index in [0.717, 1.165) is 114 Å². The van der Waals surface area contributed by atoms with E-state index in [1.54, 1.807) is 0 Å². The minimum absolute atomic E-state index is 0.192. The van der Waals surface area contributed by atoms with E-state index in [1.165, 1.54) is 42.3 Å². The second kappa shape index (κ2) is 15.7. The number of hydrogen-bond acceptors (Lipinski definition) is 7. The van der Waals surface area contributed by atoms with Crippen LogP contribution in [0.5, 0.6) is 0 Å². The monoisotopic (exact) mass is 722 g/mol. The lowest BCUT2D eigenvalue weighted by atomic mass is 9.95. The number of ether oxygens (including phenoxy) is 1. The number of carbonyl (C=O) groups excluding carboxylic acids is 1. The van der Waals surface area contributed by atoms with E-state index in [1.807, 2.05) is 36.4 Å². The van der Waals surface area contributed by atoms with Crippen molar-refractivity contribution in [1.82, 2.24) is 9.80 Å². The van der Waals surface area contributed by atoms with Crippen LogP contribution in [0.2, 0.25) is 0 Å². The number of rotatable bonds is 10. The van der Waals surface area contributed by atoms with Gasteiger partial charge in [0, 0.05) is 83.7 Å². The molecule has 0 radical (unpaired) electrons. The Labute approximate surface area is 310 Å². The number of benzene rings is 4. The van der Waals surface area contributed by atoms with E-state index in [-0.39, 0.29) is 23.2 Å². The number of esters is 1. The zero-order chi connectivity index (χ0) is 37.0. The molecule has 4 aromatic rings. The standard InChI is InChI=1S/C22H25FN2O2.C21H23FN2O2/c1-17(26)27-22(10-11-22)19-4-2-18(3-5-19)16-24-12-14-25(15-13-24)21-8-6-20(23)7-9-21;22-18-5-7-19(8-6-18)24-13-11-23(12-14-24)15-16-1-3-17(4-2-16)21(9-10-21)20(25)26/h2-9H,10-16H2,1H3;1-8H,9-15H2,(H,25,26). The van der Waals surface area contributed by atoms with Crippen molar-refractivity contribution < 1.29 is 28.2 Å². The first-order valence-corrected chi connectivity index (χ1v) is 18.7. The number of piperazine rings is 2. The van der Waals surface area contributed by atoms with Crippen molar-refractivity contribution in [3.8, 4) is 0 Å². The molecule has 0 bridgehead atoms. The minimum atomic E-state index is -0.706. The van der Waals surface area contributed by atoms with Crippen molar-refractivity contribution in [2.75, 3.05) is 62.2 Å². The molecule has 10 heteroatoms. The van der Waals surface area contributed by atoms with Crippen LogP contribution in [0, 0.1) is 11.6 Å². The van der Waals surface area contributed by atoms with Crippen molar-refractivity contribution in [1.29, 1.82) is 0 Å². The normalized spacial score (nSPS) is 19.2. The fraction of sp³-hybridized carbons (Fsp3) is 0.395. The first-order valence-electron chi connectivity index (χ1n) is 18.7. The topological polar surface area (TPSA) is 76.6 Å². The molecule has 0 spiro atoms. The first kappa shape index (κ1) is 36.6. The Bertz CT molecular complexity index is 1840. The van der Waals surface area contributed by atoms with E-state index in [4.69, 9.17) is 4.74 Å². The van der Waals surface area contributed by atoms with E-state index in [0.29, 0.717) is 0 Å². The molecule has 8 nitrogen and oxygen atoms in total. The molecule has 0 unspecified atom stereocenters. The molecule has 4 aliphatic rings. The molecular weight excluding hydrogens is 674 g/mol. The fourth-order valence-corrected chi connectivity index (χ4v) is 7.58. The van der Waals surface area contributed by atoms with Crippen LogP contribution in [0.15, 0.2) is 97.1 Å². The molecule has 2 aliphatic carbocycles. The lowest BCUT2D eigenvalue weighted by molar-refractivity contribution is -0.149. The lowest BCUT2D eigenvalue weighted by Gasteiger charge is -2.36. The van der Waals surface area contributed by atoms with Gasteiger partial charge < -0.3 is 19.6 Å². The number of carbonyl (C=O) groups is 2. The van der Waals surface area contributed by atoms with Crippen LogP contribution in [-0.4, -0.2) is 79.2 Å². The highest BCUT2D eigenvalue weighted by atomic mass is 19.1. The van der Waals surface area contributed by atoms with Crippen LogP contribution >= 0.6 is 0 Å². The van der Waals surface area contributed by atoms with Crippen molar-refractivity contribution in [2.45, 2.75) is 56.7 Å². The predicted molar refractivity (Wildman–Crippen MR) is 202 cm³/mol. The molecule has 2 aliphatic heterocycles. The summed E-state index contributed by atoms with van der Waals surface area (Å²) in [5.74, 6) is -1.31. The summed E-state index contributed by atoms with van der Waals surface area (Å²) in [6.45, 7) is 10.9. The summed E-state index contributed by atoms with van der Waals surface area (Å²) in [6, 6.07) is 30.0. The van der Waals surface area contributed by atoms with Gasteiger partial charge in [-0.05, 0) is 96.5 Å². The third kappa shape index (κ3) is 8.88. The summed E-state index contributed by atoms with van der Waals surface area (Å²) in [5, 5.41) is 9.39. The van der Waals surface area contributed by atoms with E-state index < -0.39 is 11.4 Å². The molecule has 278 valence electrons. The van der Waals surface area contributed by atoms with Gasteiger partial charge in [0.2, 0.25) is 0 Å². The fourth-order valence-electron chi connectivity index (χ4n) is 7.58. The summed E-state index contributed by atoms with van der Waals surface area (Å²) < 4.78 is 31.6. The van der Waals surface area contributed by atoms with Crippen molar-refractivity contribution >= 4 is 23.3 Å². The molecular formula is C43H48F2N4O4. The van der Waals surface area contributed by atoms with Gasteiger partial charge in [0.1, 0.15) is 17.2 Å². The number of carboxylic acid groups (broad SMARTS) is 1. The lowest BCUT2D eigenvalue weighted by Crippen LogP contribution is -2.45. The number of carboxylic acids is 1. The van der Waals surface area contributed by atoms with Gasteiger partial charge in [-0.3, -0.25) is 19.4 Å². The minimum Gasteiger partial charge on any atom is -0.481 e. The van der Waals surface area contributed by atoms with Crippen LogP contribution in [0.4, 0.5) is 20.2 Å². The Morgan fingerprint density at radius 1 is 0.585 bits per heavy atom. The van der Waals surface area contributed by atoms with Gasteiger partial charge in [-0.1, -0.05) is 48.5 Å². The third-order valence-corrected chi connectivity index (χ3v) is 11.1. The maximum absolute atomic E-state index is 13.1. The van der Waals surface area contributed by atoms with Crippen LogP contribution in [-0.2, 0) is 38.4 Å². The average Bonchev–Trinajstić information content (AvgIpc) is 4.11. The number of anilines is 2. The Kier molecular flexibility index (Phi) is 10.8. The van der Waals surface area contributed by atoms with Gasteiger partial charge in [0.15, 0.2) is 0 Å². The quantitative estimate of drug-likeness (QED) is 0.176. The molecule has 8 rings (SSSR count). The van der Waals surface area contributed by atoms with Crippen molar-refractivity contribution in [3.05, 3.63) is 131 Å². The van der Waals surface area contributed by atoms with Gasteiger partial charge in [0.25, 0.3) is 0 Å². The van der Waals surface area contributed by atoms with Gasteiger partial charge in [-0.15, -0.1) is 0 Å². The second-order valence-corrected chi connectivity index (χ2v) is 14.8. The highest BCUT2D eigenvalue weighted by Gasteiger charge is 2.51. The number of aliphatic carboxylic acids is 1. The summed E-state index contributed by atoms with van der Waals surface area (Å²) in [5.41, 5.74) is 5.67. The number of nitrogens with zero attached hydrogens (tertiary/aromatic N) is 4. The van der Waals surface area contributed by atoms with Crippen molar-refractivity contribution in [2.24, 2.45) is 0 Å². The smallest absolute Gasteiger partial charge is 0.314 e. The molecule has 53 heavy (non-hydrogen) atoms. The Hall–Kier alpha value is -4.80. The summed E-state index contributed by atoms with van der Waals surface area (Å²) in [6.07, 6.45) is 3.31. The van der Waals surface area contributed by atoms with Crippen LogP contribution in [0.1, 0.15) is 54.9 Å². The van der Waals surface area contributed by atoms with Gasteiger partial charge in [0.05, 0.1) is 5.41 Å². The Morgan fingerprint density at radius 2 is 0.981 bits per heavy atom. The zero-order valence-corrected chi connectivity index (χ0v) is 30.4. The second-order valence-electron chi connectivity index (χ2n) is 14.8. The summed E-state index contributed by atoms with van der Waals surface area (Å²) in [7, 11) is 0. The summed E-state index contributed by atoms with van der Waals surface area (Å²) in [4.78, 5) is 32.1. The molecule has 0 amide bonds. The Morgan fingerprint density at radius 3 is 1.32 bits per heavy atom. The highest BCUT2D eigenvalue weighted by Crippen LogP contribution is 2.49. The van der Waals surface area contributed by atoms with Crippen LogP contribution in [0.3, 0.4) is 0 Å². The van der Waals surface area contributed by atoms with Crippen molar-refractivity contribution in [3.63, 3.8) is 0 Å². The molecule has 2 heterocycles. The van der Waals surface area contributed by atoms with E-state index in [9.17, 15) is 23.5 Å². The molecule has 1 N–H and O–H groups in total. The van der Waals surface area contributed by atoms with Crippen LogP contribution in [0.25, 0.3) is 0 Å². The largest absolute Gasteiger partial charge is 0.481 e.